The largest absolute Gasteiger partial charge is 0.469 e. The van der Waals surface area contributed by atoms with Gasteiger partial charge in [-0.3, -0.25) is 9.32 Å². The third-order valence-corrected chi connectivity index (χ3v) is 9.58. The molecule has 0 aromatic carbocycles. The normalized spacial score (nSPS) is 13.3. The first-order valence-corrected chi connectivity index (χ1v) is 21.0. The fourth-order valence-corrected chi connectivity index (χ4v) is 6.47. The van der Waals surface area contributed by atoms with E-state index in [1.165, 1.54) is 148 Å². The maximum absolute atomic E-state index is 12.5. The number of rotatable bonds is 36. The lowest BCUT2D eigenvalue weighted by Gasteiger charge is -2.24. The van der Waals surface area contributed by atoms with Gasteiger partial charge in [-0.05, 0) is 12.8 Å². The molecule has 0 radical (unpaired) electrons. The van der Waals surface area contributed by atoms with Crippen LogP contribution in [0.4, 0.5) is 0 Å². The summed E-state index contributed by atoms with van der Waals surface area (Å²) in [6.07, 6.45) is 36.6. The highest BCUT2D eigenvalue weighted by atomic mass is 31.2. The third kappa shape index (κ3) is 34.7. The monoisotopic (exact) mass is 662 g/mol. The number of phosphoric acid groups is 1. The molecule has 4 N–H and O–H groups in total. The molecule has 270 valence electrons. The first-order valence-electron chi connectivity index (χ1n) is 19.5. The van der Waals surface area contributed by atoms with Crippen molar-refractivity contribution in [1.29, 1.82) is 0 Å². The van der Waals surface area contributed by atoms with Gasteiger partial charge in [0.15, 0.2) is 0 Å². The van der Waals surface area contributed by atoms with Crippen molar-refractivity contribution in [2.24, 2.45) is 0 Å². The van der Waals surface area contributed by atoms with Crippen molar-refractivity contribution in [2.75, 3.05) is 6.61 Å². The van der Waals surface area contributed by atoms with Crippen LogP contribution < -0.4 is 5.32 Å². The van der Waals surface area contributed by atoms with E-state index in [-0.39, 0.29) is 5.91 Å². The van der Waals surface area contributed by atoms with Crippen LogP contribution in [0.1, 0.15) is 213 Å². The van der Waals surface area contributed by atoms with E-state index >= 15 is 0 Å². The summed E-state index contributed by atoms with van der Waals surface area (Å²) in [5.74, 6) is -0.191. The molecule has 0 heterocycles. The number of unbranched alkanes of at least 4 members (excludes halogenated alkanes) is 27. The number of carbonyl (C=O) groups is 1. The van der Waals surface area contributed by atoms with Gasteiger partial charge in [-0.25, -0.2) is 4.57 Å². The van der Waals surface area contributed by atoms with E-state index in [0.717, 1.165) is 38.5 Å². The lowest BCUT2D eigenvalue weighted by atomic mass is 10.0. The number of carbonyl (C=O) groups excluding carboxylic acids is 1. The van der Waals surface area contributed by atoms with Crippen molar-refractivity contribution < 1.29 is 28.8 Å². The van der Waals surface area contributed by atoms with E-state index in [9.17, 15) is 14.5 Å². The molecule has 0 aromatic rings. The van der Waals surface area contributed by atoms with Crippen LogP contribution in [0, 0.1) is 0 Å². The summed E-state index contributed by atoms with van der Waals surface area (Å²) in [6, 6.07) is -0.816. The van der Waals surface area contributed by atoms with Crippen LogP contribution in [0.3, 0.4) is 0 Å². The van der Waals surface area contributed by atoms with Crippen LogP contribution in [0.2, 0.25) is 0 Å². The standard InChI is InChI=1S/C37H76NO6P/c1-3-5-7-9-11-13-15-16-17-18-19-20-21-23-25-27-29-31-33-37(40)38-35(34-44-45(41,42)43)36(39)32-30-28-26-24-22-14-12-10-8-6-4-2/h35-36,39H,3-34H2,1-2H3,(H,38,40)(H2,41,42,43)/t35-,36+/m0/s1. The van der Waals surface area contributed by atoms with Gasteiger partial charge in [-0.15, -0.1) is 0 Å². The smallest absolute Gasteiger partial charge is 0.391 e. The number of aliphatic hydroxyl groups is 1. The molecule has 0 aromatic heterocycles. The van der Waals surface area contributed by atoms with Crippen LogP contribution in [-0.2, 0) is 13.9 Å². The summed E-state index contributed by atoms with van der Waals surface area (Å²) in [5.41, 5.74) is 0. The lowest BCUT2D eigenvalue weighted by Crippen LogP contribution is -2.46. The highest BCUT2D eigenvalue weighted by Gasteiger charge is 2.25. The maximum Gasteiger partial charge on any atom is 0.469 e. The number of aliphatic hydroxyl groups excluding tert-OH is 1. The molecule has 1 amide bonds. The molecular weight excluding hydrogens is 585 g/mol. The average molecular weight is 662 g/mol. The Morgan fingerprint density at radius 1 is 0.556 bits per heavy atom. The molecule has 0 spiro atoms. The second-order valence-corrected chi connectivity index (χ2v) is 14.9. The van der Waals surface area contributed by atoms with Crippen LogP contribution in [0.15, 0.2) is 0 Å². The molecule has 0 fully saturated rings. The molecule has 0 rings (SSSR count). The number of amides is 1. The first kappa shape index (κ1) is 44.5. The van der Waals surface area contributed by atoms with Gasteiger partial charge in [0.25, 0.3) is 0 Å². The minimum absolute atomic E-state index is 0.191. The molecule has 8 heteroatoms. The number of nitrogens with one attached hydrogen (secondary N) is 1. The van der Waals surface area contributed by atoms with Gasteiger partial charge in [0.2, 0.25) is 5.91 Å². The summed E-state index contributed by atoms with van der Waals surface area (Å²) in [5, 5.41) is 13.5. The molecule has 0 saturated heterocycles. The van der Waals surface area contributed by atoms with Crippen LogP contribution >= 0.6 is 7.82 Å². The molecule has 7 nitrogen and oxygen atoms in total. The minimum atomic E-state index is -4.68. The fourth-order valence-electron chi connectivity index (χ4n) is 6.11. The minimum Gasteiger partial charge on any atom is -0.391 e. The molecule has 0 aliphatic carbocycles. The average Bonchev–Trinajstić information content (AvgIpc) is 3.00. The molecule has 45 heavy (non-hydrogen) atoms. The van der Waals surface area contributed by atoms with Crippen molar-refractivity contribution in [3.8, 4) is 0 Å². The Kier molecular flexibility index (Phi) is 33.1. The summed E-state index contributed by atoms with van der Waals surface area (Å²) >= 11 is 0. The van der Waals surface area contributed by atoms with E-state index in [1.54, 1.807) is 0 Å². The highest BCUT2D eigenvalue weighted by Crippen LogP contribution is 2.36. The van der Waals surface area contributed by atoms with Crippen LogP contribution in [0.5, 0.6) is 0 Å². The summed E-state index contributed by atoms with van der Waals surface area (Å²) in [7, 11) is -4.68. The van der Waals surface area contributed by atoms with Crippen molar-refractivity contribution in [1.82, 2.24) is 5.32 Å². The topological polar surface area (TPSA) is 116 Å². The van der Waals surface area contributed by atoms with Gasteiger partial charge in [0.05, 0.1) is 18.8 Å². The van der Waals surface area contributed by atoms with E-state index in [2.05, 4.69) is 23.7 Å². The Bertz CT molecular complexity index is 673. The van der Waals surface area contributed by atoms with Gasteiger partial charge < -0.3 is 20.2 Å². The van der Waals surface area contributed by atoms with E-state index in [0.29, 0.717) is 12.8 Å². The Balaban J connectivity index is 3.88. The zero-order valence-electron chi connectivity index (χ0n) is 29.8. The predicted octanol–water partition coefficient (Wildman–Crippen LogP) is 11.1. The molecule has 0 aliphatic rings. The number of hydrogen-bond acceptors (Lipinski definition) is 4. The molecule has 0 aliphatic heterocycles. The Morgan fingerprint density at radius 3 is 1.20 bits per heavy atom. The van der Waals surface area contributed by atoms with Gasteiger partial charge >= 0.3 is 7.82 Å². The summed E-state index contributed by atoms with van der Waals surface area (Å²) < 4.78 is 15.9. The van der Waals surface area contributed by atoms with Crippen molar-refractivity contribution in [2.45, 2.75) is 225 Å². The van der Waals surface area contributed by atoms with Gasteiger partial charge in [0.1, 0.15) is 0 Å². The Morgan fingerprint density at radius 2 is 0.867 bits per heavy atom. The van der Waals surface area contributed by atoms with E-state index in [4.69, 9.17) is 9.79 Å². The van der Waals surface area contributed by atoms with E-state index in [1.807, 2.05) is 0 Å². The lowest BCUT2D eigenvalue weighted by molar-refractivity contribution is -0.123. The quantitative estimate of drug-likeness (QED) is 0.0392. The van der Waals surface area contributed by atoms with Crippen LogP contribution in [0.25, 0.3) is 0 Å². The SMILES string of the molecule is CCCCCCCCCCCCCCCCCCCCC(=O)N[C@@H](COP(=O)(O)O)[C@H](O)CCCCCCCCCCCCC. The third-order valence-electron chi connectivity index (χ3n) is 9.09. The Labute approximate surface area is 279 Å². The van der Waals surface area contributed by atoms with Gasteiger partial charge in [-0.1, -0.05) is 194 Å². The summed E-state index contributed by atoms with van der Waals surface area (Å²) in [6.45, 7) is 4.12. The van der Waals surface area contributed by atoms with Crippen molar-refractivity contribution in [3.05, 3.63) is 0 Å². The first-order chi connectivity index (χ1) is 21.8. The van der Waals surface area contributed by atoms with Gasteiger partial charge in [0, 0.05) is 6.42 Å². The molecule has 0 saturated carbocycles. The number of phosphoric ester groups is 1. The molecular formula is C37H76NO6P. The molecule has 0 unspecified atom stereocenters. The zero-order valence-corrected chi connectivity index (χ0v) is 30.7. The number of hydrogen-bond donors (Lipinski definition) is 4. The van der Waals surface area contributed by atoms with E-state index < -0.39 is 26.6 Å². The second-order valence-electron chi connectivity index (χ2n) is 13.6. The Hall–Kier alpha value is -0.460. The molecule has 0 bridgehead atoms. The summed E-state index contributed by atoms with van der Waals surface area (Å²) in [4.78, 5) is 30.8. The van der Waals surface area contributed by atoms with Crippen molar-refractivity contribution in [3.63, 3.8) is 0 Å². The zero-order chi connectivity index (χ0) is 33.3. The maximum atomic E-state index is 12.5. The predicted molar refractivity (Wildman–Crippen MR) is 190 cm³/mol. The molecule has 2 atom stereocenters. The fraction of sp³-hybridized carbons (Fsp3) is 0.973. The van der Waals surface area contributed by atoms with Crippen LogP contribution in [-0.4, -0.2) is 39.6 Å². The second kappa shape index (κ2) is 33.4. The highest BCUT2D eigenvalue weighted by molar-refractivity contribution is 7.46. The van der Waals surface area contributed by atoms with Crippen molar-refractivity contribution >= 4 is 13.7 Å². The van der Waals surface area contributed by atoms with Gasteiger partial charge in [-0.2, -0.15) is 0 Å².